The smallest absolute Gasteiger partial charge is 0.310 e. The summed E-state index contributed by atoms with van der Waals surface area (Å²) in [6, 6.07) is 1.28. The van der Waals surface area contributed by atoms with Crippen molar-refractivity contribution in [1.29, 1.82) is 0 Å². The topological polar surface area (TPSA) is 39.2 Å². The molecule has 0 bridgehead atoms. The van der Waals surface area contributed by atoms with Gasteiger partial charge in [-0.25, -0.2) is 9.37 Å². The normalized spacial score (nSPS) is 9.77. The Bertz CT molecular complexity index is 330. The molecule has 0 aliphatic rings. The minimum Gasteiger partial charge on any atom is -0.469 e. The number of aromatic nitrogens is 1. The van der Waals surface area contributed by atoms with Crippen LogP contribution in [-0.2, 0) is 16.0 Å². The second-order valence-electron chi connectivity index (χ2n) is 2.37. The summed E-state index contributed by atoms with van der Waals surface area (Å²) in [6.45, 7) is 0. The fraction of sp³-hybridized carbons (Fsp3) is 0.250. The largest absolute Gasteiger partial charge is 0.469 e. The van der Waals surface area contributed by atoms with Gasteiger partial charge in [-0.1, -0.05) is 0 Å². The van der Waals surface area contributed by atoms with Crippen molar-refractivity contribution in [1.82, 2.24) is 4.98 Å². The van der Waals surface area contributed by atoms with E-state index in [4.69, 9.17) is 0 Å². The van der Waals surface area contributed by atoms with Gasteiger partial charge in [-0.15, -0.1) is 0 Å². The van der Waals surface area contributed by atoms with Gasteiger partial charge in [0.2, 0.25) is 0 Å². The fourth-order valence-electron chi connectivity index (χ4n) is 0.796. The number of halogens is 2. The van der Waals surface area contributed by atoms with Gasteiger partial charge in [0.1, 0.15) is 3.70 Å². The second kappa shape index (κ2) is 4.50. The van der Waals surface area contributed by atoms with Gasteiger partial charge in [0.05, 0.1) is 13.5 Å². The van der Waals surface area contributed by atoms with Crippen molar-refractivity contribution in [3.8, 4) is 0 Å². The number of pyridine rings is 1. The van der Waals surface area contributed by atoms with E-state index in [0.717, 1.165) is 0 Å². The quantitative estimate of drug-likeness (QED) is 0.472. The monoisotopic (exact) mass is 295 g/mol. The summed E-state index contributed by atoms with van der Waals surface area (Å²) < 4.78 is 17.6. The number of carbonyl (C=O) groups is 1. The molecule has 0 radical (unpaired) electrons. The lowest BCUT2D eigenvalue weighted by Gasteiger charge is -2.00. The van der Waals surface area contributed by atoms with Crippen molar-refractivity contribution in [2.45, 2.75) is 6.42 Å². The number of nitrogens with zero attached hydrogens (tertiary/aromatic N) is 1. The van der Waals surface area contributed by atoms with Gasteiger partial charge in [-0.3, -0.25) is 4.79 Å². The Morgan fingerprint density at radius 1 is 1.77 bits per heavy atom. The maximum Gasteiger partial charge on any atom is 0.310 e. The first-order chi connectivity index (χ1) is 6.13. The summed E-state index contributed by atoms with van der Waals surface area (Å²) in [6.07, 6.45) is 1.51. The van der Waals surface area contributed by atoms with Gasteiger partial charge in [-0.2, -0.15) is 0 Å². The zero-order valence-corrected chi connectivity index (χ0v) is 9.04. The molecule has 0 saturated heterocycles. The Hall–Kier alpha value is -0.720. The number of rotatable bonds is 2. The van der Waals surface area contributed by atoms with Crippen LogP contribution in [-0.4, -0.2) is 18.1 Å². The van der Waals surface area contributed by atoms with E-state index in [-0.39, 0.29) is 6.42 Å². The van der Waals surface area contributed by atoms with Gasteiger partial charge < -0.3 is 4.74 Å². The average molecular weight is 295 g/mol. The van der Waals surface area contributed by atoms with Gasteiger partial charge in [0.15, 0.2) is 5.82 Å². The Morgan fingerprint density at radius 2 is 2.46 bits per heavy atom. The standard InChI is InChI=1S/C8H7FINO2/c1-13-7(12)3-5-2-6(9)8(10)11-4-5/h2,4H,3H2,1H3. The third kappa shape index (κ3) is 2.91. The summed E-state index contributed by atoms with van der Waals surface area (Å²) in [4.78, 5) is 14.6. The molecule has 0 saturated carbocycles. The molecule has 13 heavy (non-hydrogen) atoms. The predicted molar refractivity (Wildman–Crippen MR) is 52.6 cm³/mol. The maximum absolute atomic E-state index is 12.9. The minimum absolute atomic E-state index is 0.0529. The van der Waals surface area contributed by atoms with E-state index >= 15 is 0 Å². The average Bonchev–Trinajstić information content (AvgIpc) is 2.11. The highest BCUT2D eigenvalue weighted by molar-refractivity contribution is 14.1. The molecule has 0 N–H and O–H groups in total. The molecule has 0 aromatic carbocycles. The molecular formula is C8H7FINO2. The zero-order valence-electron chi connectivity index (χ0n) is 6.88. The van der Waals surface area contributed by atoms with Crippen LogP contribution < -0.4 is 0 Å². The summed E-state index contributed by atoms with van der Waals surface area (Å²) >= 11 is 1.78. The molecule has 1 aromatic rings. The maximum atomic E-state index is 12.9. The lowest BCUT2D eigenvalue weighted by Crippen LogP contribution is -2.05. The predicted octanol–water partition coefficient (Wildman–Crippen LogP) is 1.54. The van der Waals surface area contributed by atoms with E-state index < -0.39 is 11.8 Å². The van der Waals surface area contributed by atoms with Crippen molar-refractivity contribution in [3.05, 3.63) is 27.3 Å². The Morgan fingerprint density at radius 3 is 3.00 bits per heavy atom. The van der Waals surface area contributed by atoms with E-state index in [1.54, 1.807) is 22.6 Å². The molecule has 0 atom stereocenters. The first kappa shape index (κ1) is 10.4. The molecule has 5 heteroatoms. The van der Waals surface area contributed by atoms with Crippen LogP contribution in [0.4, 0.5) is 4.39 Å². The second-order valence-corrected chi connectivity index (χ2v) is 3.39. The van der Waals surface area contributed by atoms with E-state index in [1.165, 1.54) is 19.4 Å². The fourth-order valence-corrected chi connectivity index (χ4v) is 1.09. The molecular weight excluding hydrogens is 288 g/mol. The molecule has 1 rings (SSSR count). The van der Waals surface area contributed by atoms with Crippen LogP contribution in [0.25, 0.3) is 0 Å². The van der Waals surface area contributed by atoms with Crippen molar-refractivity contribution in [2.75, 3.05) is 7.11 Å². The van der Waals surface area contributed by atoms with Crippen LogP contribution in [0.15, 0.2) is 12.3 Å². The van der Waals surface area contributed by atoms with Crippen LogP contribution in [0.3, 0.4) is 0 Å². The van der Waals surface area contributed by atoms with Crippen LogP contribution in [0.1, 0.15) is 5.56 Å². The molecule has 3 nitrogen and oxygen atoms in total. The number of esters is 1. The lowest BCUT2D eigenvalue weighted by atomic mass is 10.2. The Labute approximate surface area is 88.4 Å². The number of hydrogen-bond donors (Lipinski definition) is 0. The lowest BCUT2D eigenvalue weighted by molar-refractivity contribution is -0.139. The molecule has 0 aliphatic heterocycles. The first-order valence-corrected chi connectivity index (χ1v) is 4.58. The van der Waals surface area contributed by atoms with Crippen molar-refractivity contribution < 1.29 is 13.9 Å². The van der Waals surface area contributed by atoms with E-state index in [2.05, 4.69) is 9.72 Å². The molecule has 0 aliphatic carbocycles. The molecule has 0 amide bonds. The van der Waals surface area contributed by atoms with E-state index in [1.807, 2.05) is 0 Å². The molecule has 0 unspecified atom stereocenters. The summed E-state index contributed by atoms with van der Waals surface area (Å²) in [5.74, 6) is -0.815. The summed E-state index contributed by atoms with van der Waals surface area (Å²) in [7, 11) is 1.29. The molecule has 70 valence electrons. The number of carbonyl (C=O) groups excluding carboxylic acids is 1. The number of ether oxygens (including phenoxy) is 1. The first-order valence-electron chi connectivity index (χ1n) is 3.50. The van der Waals surface area contributed by atoms with Gasteiger partial charge in [0, 0.05) is 6.20 Å². The van der Waals surface area contributed by atoms with Gasteiger partial charge >= 0.3 is 5.97 Å². The van der Waals surface area contributed by atoms with Crippen LogP contribution in [0.5, 0.6) is 0 Å². The van der Waals surface area contributed by atoms with Gasteiger partial charge in [0.25, 0.3) is 0 Å². The minimum atomic E-state index is -0.415. The molecule has 1 aromatic heterocycles. The Kier molecular flexibility index (Phi) is 3.58. The van der Waals surface area contributed by atoms with E-state index in [9.17, 15) is 9.18 Å². The van der Waals surface area contributed by atoms with E-state index in [0.29, 0.717) is 9.26 Å². The van der Waals surface area contributed by atoms with Crippen molar-refractivity contribution in [2.24, 2.45) is 0 Å². The van der Waals surface area contributed by atoms with Gasteiger partial charge in [-0.05, 0) is 34.2 Å². The number of hydrogen-bond acceptors (Lipinski definition) is 3. The third-order valence-electron chi connectivity index (χ3n) is 1.43. The Balaban J connectivity index is 2.79. The molecule has 1 heterocycles. The van der Waals surface area contributed by atoms with Crippen molar-refractivity contribution in [3.63, 3.8) is 0 Å². The summed E-state index contributed by atoms with van der Waals surface area (Å²) in [5, 5.41) is 0. The number of methoxy groups -OCH3 is 1. The summed E-state index contributed by atoms with van der Waals surface area (Å²) in [5.41, 5.74) is 0.518. The van der Waals surface area contributed by atoms with Crippen LogP contribution in [0, 0.1) is 9.52 Å². The highest BCUT2D eigenvalue weighted by Gasteiger charge is 2.06. The van der Waals surface area contributed by atoms with Crippen LogP contribution in [0.2, 0.25) is 0 Å². The molecule has 0 fully saturated rings. The highest BCUT2D eigenvalue weighted by atomic mass is 127. The van der Waals surface area contributed by atoms with Crippen molar-refractivity contribution >= 4 is 28.6 Å². The SMILES string of the molecule is COC(=O)Cc1cnc(I)c(F)c1. The molecule has 0 spiro atoms. The third-order valence-corrected chi connectivity index (χ3v) is 2.22. The highest BCUT2D eigenvalue weighted by Crippen LogP contribution is 2.09. The van der Waals surface area contributed by atoms with Crippen LogP contribution >= 0.6 is 22.6 Å². The zero-order chi connectivity index (χ0) is 9.84.